The van der Waals surface area contributed by atoms with Gasteiger partial charge in [-0.2, -0.15) is 0 Å². The highest BCUT2D eigenvalue weighted by Gasteiger charge is 2.51. The van der Waals surface area contributed by atoms with Gasteiger partial charge in [0.1, 0.15) is 43.2 Å². The number of phosphoric acid groups is 1. The molecule has 8 atom stereocenters. The molecular formula is C50H89O13P. The number of aliphatic hydroxyl groups is 5. The highest BCUT2D eigenvalue weighted by atomic mass is 31.2. The zero-order valence-electron chi connectivity index (χ0n) is 39.6. The van der Waals surface area contributed by atoms with Crippen molar-refractivity contribution in [2.24, 2.45) is 0 Å². The Morgan fingerprint density at radius 1 is 0.484 bits per heavy atom. The van der Waals surface area contributed by atoms with Crippen molar-refractivity contribution in [3.8, 4) is 0 Å². The molecule has 0 aromatic rings. The van der Waals surface area contributed by atoms with Crippen LogP contribution < -0.4 is 0 Å². The zero-order chi connectivity index (χ0) is 47.1. The monoisotopic (exact) mass is 929 g/mol. The Bertz CT molecular complexity index is 1300. The fourth-order valence-corrected chi connectivity index (χ4v) is 8.36. The van der Waals surface area contributed by atoms with Crippen LogP contribution in [0.2, 0.25) is 0 Å². The highest BCUT2D eigenvalue weighted by molar-refractivity contribution is 7.47. The second kappa shape index (κ2) is 39.9. The molecule has 14 heteroatoms. The molecular weight excluding hydrogens is 840 g/mol. The van der Waals surface area contributed by atoms with Crippen LogP contribution in [0, 0.1) is 0 Å². The first-order valence-electron chi connectivity index (χ1n) is 24.9. The van der Waals surface area contributed by atoms with Crippen molar-refractivity contribution in [2.75, 3.05) is 13.2 Å². The SMILES string of the molecule is CCCCC/C=C\C/C=C\C/C=C\C/C=C\CCCCCC(=O)O[C@H](COC(=O)CCCCCCCCCCCCCCCCCC)COP(=O)(O)OC1C(O)C(O)C(O)[C@@H](O)C1O. The minimum absolute atomic E-state index is 0.0596. The van der Waals surface area contributed by atoms with Crippen molar-refractivity contribution in [3.05, 3.63) is 48.6 Å². The fourth-order valence-electron chi connectivity index (χ4n) is 7.39. The Kier molecular flexibility index (Phi) is 37.3. The van der Waals surface area contributed by atoms with Gasteiger partial charge in [-0.3, -0.25) is 18.6 Å². The van der Waals surface area contributed by atoms with Crippen LogP contribution in [0.5, 0.6) is 0 Å². The van der Waals surface area contributed by atoms with Crippen molar-refractivity contribution in [1.82, 2.24) is 0 Å². The third kappa shape index (κ3) is 31.7. The largest absolute Gasteiger partial charge is 0.472 e. The maximum atomic E-state index is 12.8. The molecule has 0 spiro atoms. The van der Waals surface area contributed by atoms with Gasteiger partial charge in [0.15, 0.2) is 6.10 Å². The molecule has 1 saturated carbocycles. The van der Waals surface area contributed by atoms with Crippen LogP contribution in [-0.4, -0.2) is 98.3 Å². The van der Waals surface area contributed by atoms with Crippen LogP contribution in [0.25, 0.3) is 0 Å². The number of rotatable bonds is 41. The predicted octanol–water partition coefficient (Wildman–Crippen LogP) is 10.3. The summed E-state index contributed by atoms with van der Waals surface area (Å²) in [6.45, 7) is 3.26. The van der Waals surface area contributed by atoms with Crippen molar-refractivity contribution in [1.29, 1.82) is 0 Å². The van der Waals surface area contributed by atoms with Gasteiger partial charge >= 0.3 is 19.8 Å². The van der Waals surface area contributed by atoms with Crippen LogP contribution in [0.4, 0.5) is 0 Å². The van der Waals surface area contributed by atoms with Crippen LogP contribution in [0.1, 0.15) is 200 Å². The average Bonchev–Trinajstić information content (AvgIpc) is 3.28. The summed E-state index contributed by atoms with van der Waals surface area (Å²) < 4.78 is 33.6. The van der Waals surface area contributed by atoms with Crippen molar-refractivity contribution < 1.29 is 63.1 Å². The molecule has 0 amide bonds. The molecule has 1 rings (SSSR count). The molecule has 0 radical (unpaired) electrons. The van der Waals surface area contributed by atoms with Gasteiger partial charge in [-0.05, 0) is 57.8 Å². The first kappa shape index (κ1) is 59.8. The number of phosphoric ester groups is 1. The van der Waals surface area contributed by atoms with Gasteiger partial charge in [0, 0.05) is 12.8 Å². The van der Waals surface area contributed by atoms with E-state index in [1.807, 2.05) is 0 Å². The molecule has 6 N–H and O–H groups in total. The van der Waals surface area contributed by atoms with Gasteiger partial charge in [-0.15, -0.1) is 0 Å². The molecule has 1 aliphatic rings. The molecule has 13 nitrogen and oxygen atoms in total. The van der Waals surface area contributed by atoms with Gasteiger partial charge in [0.25, 0.3) is 0 Å². The quantitative estimate of drug-likeness (QED) is 0.0146. The van der Waals surface area contributed by atoms with Crippen LogP contribution in [-0.2, 0) is 32.7 Å². The second-order valence-electron chi connectivity index (χ2n) is 17.3. The third-order valence-corrected chi connectivity index (χ3v) is 12.4. The second-order valence-corrected chi connectivity index (χ2v) is 18.7. The normalized spacial score (nSPS) is 21.9. The van der Waals surface area contributed by atoms with E-state index in [0.29, 0.717) is 12.8 Å². The summed E-state index contributed by atoms with van der Waals surface area (Å²) in [6, 6.07) is 0. The molecule has 1 aliphatic carbocycles. The molecule has 0 aliphatic heterocycles. The maximum Gasteiger partial charge on any atom is 0.472 e. The number of aliphatic hydroxyl groups excluding tert-OH is 5. The molecule has 0 heterocycles. The van der Waals surface area contributed by atoms with E-state index in [1.165, 1.54) is 96.3 Å². The molecule has 0 saturated heterocycles. The van der Waals surface area contributed by atoms with E-state index in [1.54, 1.807) is 0 Å². The fraction of sp³-hybridized carbons (Fsp3) is 0.800. The standard InChI is InChI=1S/C50H89O13P/c1-3-5-7-9-11-13-15-17-19-21-22-23-25-27-29-31-33-35-37-39-44(52)62-42(41-61-64(58,59)63-50-48(56)46(54)45(53)47(55)49(50)57)40-60-43(51)38-36-34-32-30-28-26-24-20-18-16-14-12-10-8-6-4-2/h11,13,17,19,22-23,27,29,42,45-50,53-57H,3-10,12,14-16,18,20-21,24-26,28,30-41H2,1-2H3,(H,58,59)/b13-11-,19-17-,23-22-,29-27-/t42-,45?,46-,47?,48?,49?,50?/m1/s1. The minimum atomic E-state index is -5.13. The van der Waals surface area contributed by atoms with E-state index in [-0.39, 0.29) is 12.8 Å². The first-order valence-corrected chi connectivity index (χ1v) is 26.4. The summed E-state index contributed by atoms with van der Waals surface area (Å²) in [6.07, 6.45) is 34.4. The van der Waals surface area contributed by atoms with Crippen molar-refractivity contribution in [3.63, 3.8) is 0 Å². The van der Waals surface area contributed by atoms with Crippen molar-refractivity contribution in [2.45, 2.75) is 243 Å². The van der Waals surface area contributed by atoms with Crippen molar-refractivity contribution >= 4 is 19.8 Å². The molecule has 64 heavy (non-hydrogen) atoms. The molecule has 372 valence electrons. The third-order valence-electron chi connectivity index (χ3n) is 11.4. The molecule has 1 fully saturated rings. The average molecular weight is 929 g/mol. The Hall–Kier alpha value is -2.19. The molecule has 0 aromatic carbocycles. The summed E-state index contributed by atoms with van der Waals surface area (Å²) >= 11 is 0. The maximum absolute atomic E-state index is 12.8. The predicted molar refractivity (Wildman–Crippen MR) is 253 cm³/mol. The number of hydrogen-bond donors (Lipinski definition) is 6. The number of unbranched alkanes of at least 4 members (excludes halogenated alkanes) is 21. The number of ether oxygens (including phenoxy) is 2. The van der Waals surface area contributed by atoms with Crippen LogP contribution in [0.3, 0.4) is 0 Å². The number of hydrogen-bond acceptors (Lipinski definition) is 12. The number of allylic oxidation sites excluding steroid dienone is 8. The van der Waals surface area contributed by atoms with E-state index in [0.717, 1.165) is 64.2 Å². The Balaban J connectivity index is 2.45. The lowest BCUT2D eigenvalue weighted by molar-refractivity contribution is -0.220. The lowest BCUT2D eigenvalue weighted by Gasteiger charge is -2.41. The Morgan fingerprint density at radius 3 is 1.31 bits per heavy atom. The van der Waals surface area contributed by atoms with Crippen LogP contribution in [0.15, 0.2) is 48.6 Å². The summed E-state index contributed by atoms with van der Waals surface area (Å²) in [5.41, 5.74) is 0. The van der Waals surface area contributed by atoms with Gasteiger partial charge in [-0.25, -0.2) is 4.57 Å². The Morgan fingerprint density at radius 2 is 0.844 bits per heavy atom. The first-order chi connectivity index (χ1) is 30.9. The Labute approximate surface area is 386 Å². The molecule has 0 bridgehead atoms. The van der Waals surface area contributed by atoms with Crippen LogP contribution >= 0.6 is 7.82 Å². The van der Waals surface area contributed by atoms with Gasteiger partial charge < -0.3 is 39.9 Å². The van der Waals surface area contributed by atoms with E-state index < -0.39 is 75.7 Å². The number of carbonyl (C=O) groups is 2. The van der Waals surface area contributed by atoms with E-state index in [4.69, 9.17) is 18.5 Å². The minimum Gasteiger partial charge on any atom is -0.462 e. The lowest BCUT2D eigenvalue weighted by atomic mass is 9.85. The highest BCUT2D eigenvalue weighted by Crippen LogP contribution is 2.47. The van der Waals surface area contributed by atoms with Gasteiger partial charge in [0.05, 0.1) is 6.61 Å². The molecule has 6 unspecified atom stereocenters. The zero-order valence-corrected chi connectivity index (χ0v) is 40.5. The molecule has 0 aromatic heterocycles. The number of esters is 2. The van der Waals surface area contributed by atoms with E-state index >= 15 is 0 Å². The lowest BCUT2D eigenvalue weighted by Crippen LogP contribution is -2.64. The van der Waals surface area contributed by atoms with Gasteiger partial charge in [-0.1, -0.05) is 178 Å². The summed E-state index contributed by atoms with van der Waals surface area (Å²) in [4.78, 5) is 35.8. The number of carbonyl (C=O) groups excluding carboxylic acids is 2. The van der Waals surface area contributed by atoms with Gasteiger partial charge in [0.2, 0.25) is 0 Å². The van der Waals surface area contributed by atoms with E-state index in [9.17, 15) is 44.6 Å². The van der Waals surface area contributed by atoms with E-state index in [2.05, 4.69) is 62.5 Å². The summed E-state index contributed by atoms with van der Waals surface area (Å²) in [5.74, 6) is -1.13. The smallest absolute Gasteiger partial charge is 0.462 e. The topological polar surface area (TPSA) is 210 Å². The summed E-state index contributed by atoms with van der Waals surface area (Å²) in [7, 11) is -5.13. The summed E-state index contributed by atoms with van der Waals surface area (Å²) in [5, 5.41) is 50.2.